The van der Waals surface area contributed by atoms with Gasteiger partial charge in [-0.2, -0.15) is 4.98 Å². The summed E-state index contributed by atoms with van der Waals surface area (Å²) in [6.45, 7) is 6.37. The Balaban J connectivity index is 1.34. The van der Waals surface area contributed by atoms with E-state index in [1.54, 1.807) is 24.4 Å². The predicted molar refractivity (Wildman–Crippen MR) is 143 cm³/mol. The van der Waals surface area contributed by atoms with Crippen molar-refractivity contribution in [2.45, 2.75) is 42.2 Å². The van der Waals surface area contributed by atoms with Crippen molar-refractivity contribution < 1.29 is 14.3 Å². The van der Waals surface area contributed by atoms with E-state index in [0.29, 0.717) is 29.0 Å². The first-order valence-electron chi connectivity index (χ1n) is 12.6. The second kappa shape index (κ2) is 11.3. The van der Waals surface area contributed by atoms with Gasteiger partial charge in [-0.15, -0.1) is 0 Å². The van der Waals surface area contributed by atoms with Crippen LogP contribution < -0.4 is 15.4 Å². The van der Waals surface area contributed by atoms with Gasteiger partial charge >= 0.3 is 0 Å². The molecule has 0 spiro atoms. The minimum absolute atomic E-state index is 0.277. The number of anilines is 1. The van der Waals surface area contributed by atoms with Gasteiger partial charge in [0.25, 0.3) is 0 Å². The Morgan fingerprint density at radius 2 is 1.92 bits per heavy atom. The molecule has 1 saturated carbocycles. The van der Waals surface area contributed by atoms with Crippen molar-refractivity contribution in [1.82, 2.24) is 14.9 Å². The molecule has 37 heavy (non-hydrogen) atoms. The number of carbonyl (C=O) groups excluding carboxylic acids is 2. The maximum Gasteiger partial charge on any atom is 0.248 e. The molecule has 2 fully saturated rings. The van der Waals surface area contributed by atoms with E-state index in [4.69, 9.17) is 15.5 Å². The predicted octanol–water partition coefficient (Wildman–Crippen LogP) is 4.04. The first-order chi connectivity index (χ1) is 18.0. The van der Waals surface area contributed by atoms with Crippen LogP contribution in [0.1, 0.15) is 46.0 Å². The van der Waals surface area contributed by atoms with Gasteiger partial charge in [0.15, 0.2) is 0 Å². The molecule has 192 valence electrons. The third-order valence-corrected chi connectivity index (χ3v) is 8.02. The lowest BCUT2D eigenvalue weighted by atomic mass is 10.1. The highest BCUT2D eigenvalue weighted by Crippen LogP contribution is 2.37. The maximum atomic E-state index is 11.4. The van der Waals surface area contributed by atoms with Crippen molar-refractivity contribution in [3.63, 3.8) is 0 Å². The maximum absolute atomic E-state index is 11.4. The molecule has 1 atom stereocenters. The van der Waals surface area contributed by atoms with Crippen molar-refractivity contribution in [2.24, 2.45) is 11.7 Å². The average molecular weight is 518 g/mol. The molecule has 1 amide bonds. The number of benzene rings is 2. The Labute approximate surface area is 221 Å². The SMILES string of the molecule is C[C@@H](C1CC1)N1CCN(c2ncc(Sc3ccc(C(N)=O)cc3)c(OCc3cccc(C=O)c3)n2)CC1. The number of hydrogen-bond donors (Lipinski definition) is 1. The molecule has 1 aliphatic heterocycles. The van der Waals surface area contributed by atoms with E-state index in [1.165, 1.54) is 24.6 Å². The van der Waals surface area contributed by atoms with Crippen LogP contribution in [0.5, 0.6) is 5.88 Å². The van der Waals surface area contributed by atoms with Gasteiger partial charge in [0.2, 0.25) is 17.7 Å². The molecule has 2 aliphatic rings. The molecule has 3 aromatic rings. The molecule has 2 aromatic carbocycles. The van der Waals surface area contributed by atoms with Gasteiger partial charge in [-0.1, -0.05) is 30.0 Å². The van der Waals surface area contributed by atoms with E-state index in [0.717, 1.165) is 53.7 Å². The minimum atomic E-state index is -0.461. The summed E-state index contributed by atoms with van der Waals surface area (Å²) in [6.07, 6.45) is 5.33. The Morgan fingerprint density at radius 1 is 1.16 bits per heavy atom. The van der Waals surface area contributed by atoms with Crippen molar-refractivity contribution >= 4 is 29.9 Å². The molecule has 8 nitrogen and oxygen atoms in total. The Hall–Kier alpha value is -3.43. The van der Waals surface area contributed by atoms with E-state index < -0.39 is 5.91 Å². The van der Waals surface area contributed by atoms with Gasteiger partial charge in [-0.05, 0) is 61.6 Å². The van der Waals surface area contributed by atoms with Crippen molar-refractivity contribution in [2.75, 3.05) is 31.1 Å². The highest BCUT2D eigenvalue weighted by Gasteiger charge is 2.33. The zero-order valence-corrected chi connectivity index (χ0v) is 21.7. The van der Waals surface area contributed by atoms with Gasteiger partial charge in [0.1, 0.15) is 12.9 Å². The molecule has 0 unspecified atom stereocenters. The van der Waals surface area contributed by atoms with Crippen LogP contribution in [0.2, 0.25) is 0 Å². The Morgan fingerprint density at radius 3 is 2.59 bits per heavy atom. The van der Waals surface area contributed by atoms with E-state index in [2.05, 4.69) is 21.7 Å². The number of piperazine rings is 1. The van der Waals surface area contributed by atoms with Crippen molar-refractivity contribution in [1.29, 1.82) is 0 Å². The van der Waals surface area contributed by atoms with E-state index in [1.807, 2.05) is 30.3 Å². The third kappa shape index (κ3) is 6.29. The number of aromatic nitrogens is 2. The lowest BCUT2D eigenvalue weighted by molar-refractivity contribution is 0.0999. The molecular formula is C28H31N5O3S. The van der Waals surface area contributed by atoms with Crippen LogP contribution in [0.3, 0.4) is 0 Å². The molecule has 2 N–H and O–H groups in total. The lowest BCUT2D eigenvalue weighted by Gasteiger charge is -2.38. The quantitative estimate of drug-likeness (QED) is 0.402. The summed E-state index contributed by atoms with van der Waals surface area (Å²) in [4.78, 5) is 38.6. The average Bonchev–Trinajstić information content (AvgIpc) is 3.78. The fourth-order valence-corrected chi connectivity index (χ4v) is 5.42. The molecule has 5 rings (SSSR count). The second-order valence-corrected chi connectivity index (χ2v) is 10.7. The van der Waals surface area contributed by atoms with Gasteiger partial charge in [0.05, 0.1) is 11.1 Å². The summed E-state index contributed by atoms with van der Waals surface area (Å²) in [6, 6.07) is 15.1. The molecule has 0 bridgehead atoms. The second-order valence-electron chi connectivity index (χ2n) is 9.58. The standard InChI is InChI=1S/C28H31N5O3S/c1-19(22-5-6-22)32-11-13-33(14-12-32)28-30-16-25(37-24-9-7-23(8-10-24)26(29)35)27(31-28)36-18-21-4-2-3-20(15-21)17-34/h2-4,7-10,15-17,19,22H,5-6,11-14,18H2,1H3,(H2,29,35)/t19-/m0/s1. The number of nitrogens with two attached hydrogens (primary N) is 1. The van der Waals surface area contributed by atoms with Gasteiger partial charge < -0.3 is 15.4 Å². The summed E-state index contributed by atoms with van der Waals surface area (Å²) < 4.78 is 6.19. The smallest absolute Gasteiger partial charge is 0.248 e. The largest absolute Gasteiger partial charge is 0.472 e. The van der Waals surface area contributed by atoms with Crippen LogP contribution in [-0.2, 0) is 6.61 Å². The molecule has 1 saturated heterocycles. The van der Waals surface area contributed by atoms with Crippen LogP contribution >= 0.6 is 11.8 Å². The highest BCUT2D eigenvalue weighted by atomic mass is 32.2. The summed E-state index contributed by atoms with van der Waals surface area (Å²) in [5, 5.41) is 0. The molecular weight excluding hydrogens is 486 g/mol. The Kier molecular flexibility index (Phi) is 7.71. The van der Waals surface area contributed by atoms with E-state index in [9.17, 15) is 9.59 Å². The van der Waals surface area contributed by atoms with Crippen LogP contribution in [0, 0.1) is 5.92 Å². The fourth-order valence-electron chi connectivity index (χ4n) is 4.60. The number of primary amides is 1. The first-order valence-corrected chi connectivity index (χ1v) is 13.4. The molecule has 1 aliphatic carbocycles. The molecule has 1 aromatic heterocycles. The summed E-state index contributed by atoms with van der Waals surface area (Å²) >= 11 is 1.46. The van der Waals surface area contributed by atoms with E-state index in [-0.39, 0.29) is 6.61 Å². The van der Waals surface area contributed by atoms with E-state index >= 15 is 0 Å². The summed E-state index contributed by atoms with van der Waals surface area (Å²) in [7, 11) is 0. The van der Waals surface area contributed by atoms with Crippen LogP contribution in [0.25, 0.3) is 0 Å². The zero-order valence-electron chi connectivity index (χ0n) is 20.9. The summed E-state index contributed by atoms with van der Waals surface area (Å²) in [5.74, 6) is 1.54. The Bertz CT molecular complexity index is 1260. The van der Waals surface area contributed by atoms with Gasteiger partial charge in [-0.25, -0.2) is 4.98 Å². The third-order valence-electron chi connectivity index (χ3n) is 7.02. The minimum Gasteiger partial charge on any atom is -0.472 e. The number of nitrogens with zero attached hydrogens (tertiary/aromatic N) is 4. The summed E-state index contributed by atoms with van der Waals surface area (Å²) in [5.41, 5.74) is 7.31. The fraction of sp³-hybridized carbons (Fsp3) is 0.357. The van der Waals surface area contributed by atoms with Gasteiger partial charge in [-0.3, -0.25) is 14.5 Å². The normalized spacial score (nSPS) is 16.8. The number of aldehydes is 1. The molecule has 0 radical (unpaired) electrons. The van der Waals surface area contributed by atoms with Crippen molar-refractivity contribution in [3.8, 4) is 5.88 Å². The number of ether oxygens (including phenoxy) is 1. The van der Waals surface area contributed by atoms with Crippen LogP contribution in [-0.4, -0.2) is 59.3 Å². The number of hydrogen-bond acceptors (Lipinski definition) is 8. The highest BCUT2D eigenvalue weighted by molar-refractivity contribution is 7.99. The molecule has 2 heterocycles. The molecule has 9 heteroatoms. The van der Waals surface area contributed by atoms with Crippen LogP contribution in [0.15, 0.2) is 64.5 Å². The number of carbonyl (C=O) groups is 2. The van der Waals surface area contributed by atoms with Crippen LogP contribution in [0.4, 0.5) is 5.95 Å². The lowest BCUT2D eigenvalue weighted by Crippen LogP contribution is -2.50. The number of amides is 1. The van der Waals surface area contributed by atoms with Gasteiger partial charge in [0, 0.05) is 48.2 Å². The van der Waals surface area contributed by atoms with Crippen molar-refractivity contribution in [3.05, 3.63) is 71.4 Å². The first kappa shape index (κ1) is 25.2. The topological polar surface area (TPSA) is 102 Å². The number of rotatable bonds is 10. The monoisotopic (exact) mass is 517 g/mol. The zero-order chi connectivity index (χ0) is 25.8.